The molecule has 3 rings (SSSR count). The van der Waals surface area contributed by atoms with Crippen molar-refractivity contribution in [1.29, 1.82) is 0 Å². The summed E-state index contributed by atoms with van der Waals surface area (Å²) in [4.78, 5) is 28.6. The predicted molar refractivity (Wildman–Crippen MR) is 107 cm³/mol. The molecule has 1 aliphatic rings. The van der Waals surface area contributed by atoms with Crippen LogP contribution in [0.3, 0.4) is 0 Å². The van der Waals surface area contributed by atoms with Gasteiger partial charge in [-0.05, 0) is 30.4 Å². The molecule has 1 saturated carbocycles. The van der Waals surface area contributed by atoms with Crippen LogP contribution >= 0.6 is 22.9 Å². The summed E-state index contributed by atoms with van der Waals surface area (Å²) < 4.78 is 5.13. The molecule has 0 bridgehead atoms. The smallest absolute Gasteiger partial charge is 0.358 e. The Labute approximate surface area is 168 Å². The predicted octanol–water partition coefficient (Wildman–Crippen LogP) is 4.56. The number of amides is 1. The minimum absolute atomic E-state index is 0.147. The SMILES string of the molecule is C[C@@H]1[C@H](C)CCC[C@@H]1NC(=O)COC(=O)c1csc(-c2cccc(Cl)c2)n1. The highest BCUT2D eigenvalue weighted by atomic mass is 35.5. The monoisotopic (exact) mass is 406 g/mol. The van der Waals surface area contributed by atoms with Crippen molar-refractivity contribution in [3.8, 4) is 10.6 Å². The maximum absolute atomic E-state index is 12.2. The van der Waals surface area contributed by atoms with Gasteiger partial charge in [-0.25, -0.2) is 9.78 Å². The number of rotatable bonds is 5. The van der Waals surface area contributed by atoms with E-state index in [0.717, 1.165) is 18.4 Å². The van der Waals surface area contributed by atoms with Crippen LogP contribution < -0.4 is 5.32 Å². The molecule has 1 aromatic heterocycles. The number of carbonyl (C=O) groups is 2. The van der Waals surface area contributed by atoms with Crippen molar-refractivity contribution in [3.63, 3.8) is 0 Å². The Morgan fingerprint density at radius 1 is 1.33 bits per heavy atom. The second-order valence-corrected chi connectivity index (χ2v) is 8.36. The average Bonchev–Trinajstić information content (AvgIpc) is 3.14. The maximum Gasteiger partial charge on any atom is 0.358 e. The van der Waals surface area contributed by atoms with E-state index in [1.165, 1.54) is 17.8 Å². The van der Waals surface area contributed by atoms with Crippen molar-refractivity contribution in [2.24, 2.45) is 11.8 Å². The summed E-state index contributed by atoms with van der Waals surface area (Å²) in [5, 5.41) is 5.91. The summed E-state index contributed by atoms with van der Waals surface area (Å²) in [6.07, 6.45) is 3.28. The van der Waals surface area contributed by atoms with E-state index in [4.69, 9.17) is 16.3 Å². The molecule has 1 aromatic carbocycles. The molecule has 1 fully saturated rings. The molecule has 0 spiro atoms. The molecule has 27 heavy (non-hydrogen) atoms. The molecule has 0 unspecified atom stereocenters. The third-order valence-electron chi connectivity index (χ3n) is 5.17. The molecule has 2 aromatic rings. The van der Waals surface area contributed by atoms with E-state index in [9.17, 15) is 9.59 Å². The molecule has 0 saturated heterocycles. The fourth-order valence-corrected chi connectivity index (χ4v) is 4.34. The highest BCUT2D eigenvalue weighted by molar-refractivity contribution is 7.13. The minimum Gasteiger partial charge on any atom is -0.451 e. The van der Waals surface area contributed by atoms with E-state index in [1.54, 1.807) is 17.5 Å². The maximum atomic E-state index is 12.2. The lowest BCUT2D eigenvalue weighted by atomic mass is 9.78. The first-order valence-corrected chi connectivity index (χ1v) is 10.4. The molecule has 1 aliphatic carbocycles. The lowest BCUT2D eigenvalue weighted by Crippen LogP contribution is -2.45. The number of esters is 1. The van der Waals surface area contributed by atoms with Gasteiger partial charge in [0.1, 0.15) is 5.01 Å². The van der Waals surface area contributed by atoms with Crippen molar-refractivity contribution >= 4 is 34.8 Å². The number of carbonyl (C=O) groups excluding carboxylic acids is 2. The molecular formula is C20H23ClN2O3S. The lowest BCUT2D eigenvalue weighted by Gasteiger charge is -2.34. The number of hydrogen-bond donors (Lipinski definition) is 1. The van der Waals surface area contributed by atoms with Gasteiger partial charge in [0, 0.05) is 22.0 Å². The third kappa shape index (κ3) is 5.08. The number of thiazole rings is 1. The molecule has 7 heteroatoms. The van der Waals surface area contributed by atoms with Gasteiger partial charge in [0.05, 0.1) is 0 Å². The molecule has 1 heterocycles. The molecule has 5 nitrogen and oxygen atoms in total. The largest absolute Gasteiger partial charge is 0.451 e. The average molecular weight is 407 g/mol. The van der Waals surface area contributed by atoms with Gasteiger partial charge in [-0.1, -0.05) is 50.4 Å². The van der Waals surface area contributed by atoms with Crippen molar-refractivity contribution in [2.45, 2.75) is 39.2 Å². The highest BCUT2D eigenvalue weighted by Crippen LogP contribution is 2.29. The highest BCUT2D eigenvalue weighted by Gasteiger charge is 2.28. The summed E-state index contributed by atoms with van der Waals surface area (Å²) in [6, 6.07) is 7.41. The Morgan fingerprint density at radius 2 is 2.15 bits per heavy atom. The number of aromatic nitrogens is 1. The van der Waals surface area contributed by atoms with Crippen LogP contribution in [0, 0.1) is 11.8 Å². The van der Waals surface area contributed by atoms with Gasteiger partial charge in [-0.3, -0.25) is 4.79 Å². The van der Waals surface area contributed by atoms with Crippen LogP contribution in [0.4, 0.5) is 0 Å². The minimum atomic E-state index is -0.597. The number of ether oxygens (including phenoxy) is 1. The van der Waals surface area contributed by atoms with E-state index in [1.807, 2.05) is 12.1 Å². The first kappa shape index (κ1) is 19.8. The summed E-state index contributed by atoms with van der Waals surface area (Å²) >= 11 is 7.32. The second kappa shape index (κ2) is 8.85. The quantitative estimate of drug-likeness (QED) is 0.739. The lowest BCUT2D eigenvalue weighted by molar-refractivity contribution is -0.125. The Kier molecular flexibility index (Phi) is 6.50. The standard InChI is InChI=1S/C20H23ClN2O3S/c1-12-5-3-8-16(13(12)2)22-18(24)10-26-20(25)17-11-27-19(23-17)14-6-4-7-15(21)9-14/h4,6-7,9,11-13,16H,3,5,8,10H2,1-2H3,(H,22,24)/t12-,13-,16+/m1/s1. The van der Waals surface area contributed by atoms with Crippen LogP contribution in [-0.4, -0.2) is 29.5 Å². The Balaban J connectivity index is 1.53. The normalized spacial score (nSPS) is 22.3. The van der Waals surface area contributed by atoms with E-state index < -0.39 is 5.97 Å². The third-order valence-corrected chi connectivity index (χ3v) is 6.30. The van der Waals surface area contributed by atoms with Gasteiger partial charge in [0.2, 0.25) is 0 Å². The van der Waals surface area contributed by atoms with Crippen LogP contribution in [0.15, 0.2) is 29.6 Å². The fourth-order valence-electron chi connectivity index (χ4n) is 3.36. The van der Waals surface area contributed by atoms with Crippen molar-refractivity contribution in [3.05, 3.63) is 40.4 Å². The summed E-state index contributed by atoms with van der Waals surface area (Å²) in [5.41, 5.74) is 1.03. The number of hydrogen-bond acceptors (Lipinski definition) is 5. The van der Waals surface area contributed by atoms with Crippen molar-refractivity contribution in [1.82, 2.24) is 10.3 Å². The Hall–Kier alpha value is -1.92. The van der Waals surface area contributed by atoms with Crippen LogP contribution in [0.1, 0.15) is 43.6 Å². The fraction of sp³-hybridized carbons (Fsp3) is 0.450. The molecule has 0 aliphatic heterocycles. The van der Waals surface area contributed by atoms with Crippen LogP contribution in [-0.2, 0) is 9.53 Å². The number of benzene rings is 1. The van der Waals surface area contributed by atoms with Gasteiger partial charge in [0.25, 0.3) is 5.91 Å². The Bertz CT molecular complexity index is 823. The number of nitrogens with zero attached hydrogens (tertiary/aromatic N) is 1. The van der Waals surface area contributed by atoms with E-state index >= 15 is 0 Å². The zero-order chi connectivity index (χ0) is 19.4. The van der Waals surface area contributed by atoms with E-state index in [2.05, 4.69) is 24.1 Å². The van der Waals surface area contributed by atoms with Gasteiger partial charge in [0.15, 0.2) is 12.3 Å². The van der Waals surface area contributed by atoms with Crippen LogP contribution in [0.2, 0.25) is 5.02 Å². The van der Waals surface area contributed by atoms with E-state index in [-0.39, 0.29) is 24.2 Å². The first-order valence-electron chi connectivity index (χ1n) is 9.12. The van der Waals surface area contributed by atoms with Gasteiger partial charge in [-0.2, -0.15) is 0 Å². The number of nitrogens with one attached hydrogen (secondary N) is 1. The van der Waals surface area contributed by atoms with Gasteiger partial charge >= 0.3 is 5.97 Å². The topological polar surface area (TPSA) is 68.3 Å². The zero-order valence-corrected chi connectivity index (χ0v) is 17.0. The summed E-state index contributed by atoms with van der Waals surface area (Å²) in [6.45, 7) is 4.08. The summed E-state index contributed by atoms with van der Waals surface area (Å²) in [7, 11) is 0. The van der Waals surface area contributed by atoms with Crippen molar-refractivity contribution < 1.29 is 14.3 Å². The Morgan fingerprint density at radius 3 is 2.93 bits per heavy atom. The van der Waals surface area contributed by atoms with Gasteiger partial charge in [-0.15, -0.1) is 11.3 Å². The van der Waals surface area contributed by atoms with Crippen LogP contribution in [0.5, 0.6) is 0 Å². The van der Waals surface area contributed by atoms with Gasteiger partial charge < -0.3 is 10.1 Å². The molecule has 1 N–H and O–H groups in total. The summed E-state index contributed by atoms with van der Waals surface area (Å²) in [5.74, 6) is 0.156. The van der Waals surface area contributed by atoms with Crippen LogP contribution in [0.25, 0.3) is 10.6 Å². The van der Waals surface area contributed by atoms with Crippen molar-refractivity contribution in [2.75, 3.05) is 6.61 Å². The first-order chi connectivity index (χ1) is 12.9. The molecule has 144 valence electrons. The molecular weight excluding hydrogens is 384 g/mol. The molecule has 1 amide bonds. The van der Waals surface area contributed by atoms with E-state index in [0.29, 0.717) is 21.9 Å². The molecule has 0 radical (unpaired) electrons. The molecule has 3 atom stereocenters. The number of halogens is 1. The second-order valence-electron chi connectivity index (χ2n) is 7.07. The zero-order valence-electron chi connectivity index (χ0n) is 15.4.